The number of nitrogens with zero attached hydrogens (tertiary/aromatic N) is 5. The SMILES string of the molecule is CCc1nsc(N2CCN(C(=NC)NCC3(CCOC)CCC3)CC2)n1. The largest absolute Gasteiger partial charge is 0.385 e. The number of piperazine rings is 1. The van der Waals surface area contributed by atoms with Crippen LogP contribution < -0.4 is 10.2 Å². The van der Waals surface area contributed by atoms with Crippen LogP contribution in [0.4, 0.5) is 5.13 Å². The average Bonchev–Trinajstić information content (AvgIpc) is 3.13. The van der Waals surface area contributed by atoms with E-state index in [1.54, 1.807) is 7.11 Å². The van der Waals surface area contributed by atoms with Crippen LogP contribution in [0.3, 0.4) is 0 Å². The van der Waals surface area contributed by atoms with Gasteiger partial charge in [0.15, 0.2) is 5.96 Å². The van der Waals surface area contributed by atoms with Gasteiger partial charge in [0.1, 0.15) is 5.82 Å². The zero-order valence-electron chi connectivity index (χ0n) is 16.3. The smallest absolute Gasteiger partial charge is 0.205 e. The number of hydrogen-bond acceptors (Lipinski definition) is 6. The molecule has 1 aliphatic carbocycles. The Bertz CT molecular complexity index is 592. The molecule has 26 heavy (non-hydrogen) atoms. The van der Waals surface area contributed by atoms with Gasteiger partial charge < -0.3 is 19.9 Å². The molecule has 8 heteroatoms. The molecular weight excluding hydrogens is 348 g/mol. The van der Waals surface area contributed by atoms with Crippen molar-refractivity contribution in [3.05, 3.63) is 5.82 Å². The van der Waals surface area contributed by atoms with E-state index in [1.807, 2.05) is 7.05 Å². The van der Waals surface area contributed by atoms with Crippen LogP contribution in [-0.2, 0) is 11.2 Å². The van der Waals surface area contributed by atoms with E-state index in [0.29, 0.717) is 5.41 Å². The first-order valence-corrected chi connectivity index (χ1v) is 10.5. The third kappa shape index (κ3) is 4.46. The number of ether oxygens (including phenoxy) is 1. The number of nitrogens with one attached hydrogen (secondary N) is 1. The summed E-state index contributed by atoms with van der Waals surface area (Å²) >= 11 is 1.52. The molecule has 1 aromatic heterocycles. The number of hydrogen-bond donors (Lipinski definition) is 1. The van der Waals surface area contributed by atoms with Crippen LogP contribution in [0.1, 0.15) is 38.4 Å². The number of aromatic nitrogens is 2. The lowest BCUT2D eigenvalue weighted by Crippen LogP contribution is -2.54. The van der Waals surface area contributed by atoms with Gasteiger partial charge in [-0.15, -0.1) is 0 Å². The van der Waals surface area contributed by atoms with Gasteiger partial charge in [-0.3, -0.25) is 4.99 Å². The highest BCUT2D eigenvalue weighted by Crippen LogP contribution is 2.43. The molecule has 0 atom stereocenters. The minimum absolute atomic E-state index is 0.400. The Morgan fingerprint density at radius 2 is 2.08 bits per heavy atom. The van der Waals surface area contributed by atoms with Gasteiger partial charge in [0.05, 0.1) is 0 Å². The Labute approximate surface area is 161 Å². The van der Waals surface area contributed by atoms with E-state index in [9.17, 15) is 0 Å². The zero-order valence-corrected chi connectivity index (χ0v) is 17.1. The standard InChI is InChI=1S/C18H32N6OS/c1-4-15-21-17(26-22-15)24-11-9-23(10-12-24)16(19-2)20-14-18(6-5-7-18)8-13-25-3/h4-14H2,1-3H3,(H,19,20). The van der Waals surface area contributed by atoms with Gasteiger partial charge in [-0.05, 0) is 24.7 Å². The molecule has 0 amide bonds. The van der Waals surface area contributed by atoms with Gasteiger partial charge in [-0.1, -0.05) is 13.3 Å². The van der Waals surface area contributed by atoms with Crippen LogP contribution in [0.2, 0.25) is 0 Å². The summed E-state index contributed by atoms with van der Waals surface area (Å²) in [4.78, 5) is 13.8. The second-order valence-electron chi connectivity index (χ2n) is 7.32. The monoisotopic (exact) mass is 380 g/mol. The molecule has 7 nitrogen and oxygen atoms in total. The quantitative estimate of drug-likeness (QED) is 0.577. The van der Waals surface area contributed by atoms with Crippen molar-refractivity contribution in [2.45, 2.75) is 39.0 Å². The molecule has 0 spiro atoms. The second-order valence-corrected chi connectivity index (χ2v) is 8.05. The van der Waals surface area contributed by atoms with Crippen molar-refractivity contribution >= 4 is 22.6 Å². The van der Waals surface area contributed by atoms with Gasteiger partial charge in [0, 0.05) is 71.4 Å². The Morgan fingerprint density at radius 1 is 1.31 bits per heavy atom. The van der Waals surface area contributed by atoms with E-state index in [2.05, 4.69) is 36.4 Å². The van der Waals surface area contributed by atoms with Crippen LogP contribution in [0, 0.1) is 5.41 Å². The molecule has 0 radical (unpaired) electrons. The highest BCUT2D eigenvalue weighted by molar-refractivity contribution is 7.09. The van der Waals surface area contributed by atoms with Crippen LogP contribution in [0.15, 0.2) is 4.99 Å². The lowest BCUT2D eigenvalue weighted by Gasteiger charge is -2.43. The lowest BCUT2D eigenvalue weighted by molar-refractivity contribution is 0.0726. The third-order valence-electron chi connectivity index (χ3n) is 5.71. The maximum atomic E-state index is 5.30. The number of methoxy groups -OCH3 is 1. The van der Waals surface area contributed by atoms with Crippen molar-refractivity contribution in [2.24, 2.45) is 10.4 Å². The molecule has 1 saturated carbocycles. The van der Waals surface area contributed by atoms with Gasteiger partial charge >= 0.3 is 0 Å². The summed E-state index contributed by atoms with van der Waals surface area (Å²) in [6.07, 6.45) is 5.97. The lowest BCUT2D eigenvalue weighted by atomic mass is 9.67. The molecule has 1 saturated heterocycles. The van der Waals surface area contributed by atoms with Gasteiger partial charge in [-0.25, -0.2) is 4.98 Å². The molecule has 1 aliphatic heterocycles. The molecule has 146 valence electrons. The Kier molecular flexibility index (Phi) is 6.69. The first kappa shape index (κ1) is 19.4. The number of anilines is 1. The molecule has 2 fully saturated rings. The minimum Gasteiger partial charge on any atom is -0.385 e. The van der Waals surface area contributed by atoms with Crippen LogP contribution >= 0.6 is 11.5 Å². The van der Waals surface area contributed by atoms with E-state index in [0.717, 1.165) is 69.1 Å². The summed E-state index contributed by atoms with van der Waals surface area (Å²) in [7, 11) is 3.68. The van der Waals surface area contributed by atoms with Crippen molar-refractivity contribution in [1.29, 1.82) is 0 Å². The van der Waals surface area contributed by atoms with Crippen LogP contribution in [0.5, 0.6) is 0 Å². The number of guanidine groups is 1. The molecule has 0 bridgehead atoms. The van der Waals surface area contributed by atoms with Gasteiger partial charge in [-0.2, -0.15) is 4.37 Å². The Balaban J connectivity index is 1.49. The van der Waals surface area contributed by atoms with Crippen LogP contribution in [0.25, 0.3) is 0 Å². The molecular formula is C18H32N6OS. The predicted molar refractivity (Wildman–Crippen MR) is 107 cm³/mol. The second kappa shape index (κ2) is 8.99. The summed E-state index contributed by atoms with van der Waals surface area (Å²) < 4.78 is 9.71. The third-order valence-corrected chi connectivity index (χ3v) is 6.52. The van der Waals surface area contributed by atoms with Crippen molar-refractivity contribution in [3.8, 4) is 0 Å². The zero-order chi connectivity index (χ0) is 18.4. The average molecular weight is 381 g/mol. The molecule has 2 heterocycles. The molecule has 0 aromatic carbocycles. The highest BCUT2D eigenvalue weighted by Gasteiger charge is 2.37. The number of aryl methyl sites for hydroxylation is 1. The van der Waals surface area contributed by atoms with Gasteiger partial charge in [0.25, 0.3) is 0 Å². The van der Waals surface area contributed by atoms with Gasteiger partial charge in [0.2, 0.25) is 5.13 Å². The Morgan fingerprint density at radius 3 is 2.62 bits per heavy atom. The topological polar surface area (TPSA) is 65.9 Å². The maximum Gasteiger partial charge on any atom is 0.205 e. The highest BCUT2D eigenvalue weighted by atomic mass is 32.1. The predicted octanol–water partition coefficient (Wildman–Crippen LogP) is 2.00. The van der Waals surface area contributed by atoms with E-state index in [-0.39, 0.29) is 0 Å². The summed E-state index contributed by atoms with van der Waals surface area (Å²) in [5.41, 5.74) is 0.400. The normalized spacial score (nSPS) is 20.2. The van der Waals surface area contributed by atoms with E-state index in [4.69, 9.17) is 4.74 Å². The first-order valence-electron chi connectivity index (χ1n) is 9.72. The first-order chi connectivity index (χ1) is 12.7. The minimum atomic E-state index is 0.400. The summed E-state index contributed by atoms with van der Waals surface area (Å²) in [5.74, 6) is 1.98. The molecule has 3 rings (SSSR count). The molecule has 0 unspecified atom stereocenters. The van der Waals surface area contributed by atoms with Crippen molar-refractivity contribution < 1.29 is 4.74 Å². The Hall–Kier alpha value is -1.41. The van der Waals surface area contributed by atoms with Crippen molar-refractivity contribution in [1.82, 2.24) is 19.6 Å². The van der Waals surface area contributed by atoms with Crippen molar-refractivity contribution in [3.63, 3.8) is 0 Å². The molecule has 1 N–H and O–H groups in total. The fourth-order valence-electron chi connectivity index (χ4n) is 3.74. The van der Waals surface area contributed by atoms with Crippen molar-refractivity contribution in [2.75, 3.05) is 58.4 Å². The fraction of sp³-hybridized carbons (Fsp3) is 0.833. The molecule has 1 aromatic rings. The fourth-order valence-corrected chi connectivity index (χ4v) is 4.54. The maximum absolute atomic E-state index is 5.30. The van der Waals surface area contributed by atoms with E-state index in [1.165, 1.54) is 30.8 Å². The summed E-state index contributed by atoms with van der Waals surface area (Å²) in [5, 5.41) is 4.69. The number of rotatable bonds is 7. The summed E-state index contributed by atoms with van der Waals surface area (Å²) in [6.45, 7) is 7.81. The molecule has 2 aliphatic rings. The van der Waals surface area contributed by atoms with Crippen LogP contribution in [-0.4, -0.2) is 73.7 Å². The van der Waals surface area contributed by atoms with E-state index >= 15 is 0 Å². The number of aliphatic imine (C=N–C) groups is 1. The summed E-state index contributed by atoms with van der Waals surface area (Å²) in [6, 6.07) is 0. The van der Waals surface area contributed by atoms with E-state index < -0.39 is 0 Å².